The van der Waals surface area contributed by atoms with Crippen molar-refractivity contribution in [2.24, 2.45) is 0 Å². The molecule has 2 N–H and O–H groups in total. The van der Waals surface area contributed by atoms with Crippen LogP contribution in [0.5, 0.6) is 5.75 Å². The van der Waals surface area contributed by atoms with E-state index in [1.54, 1.807) is 7.11 Å². The fourth-order valence-electron chi connectivity index (χ4n) is 2.37. The first-order chi connectivity index (χ1) is 12.7. The summed E-state index contributed by atoms with van der Waals surface area (Å²) < 4.78 is 5.28. The second-order valence-corrected chi connectivity index (χ2v) is 6.34. The van der Waals surface area contributed by atoms with E-state index in [9.17, 15) is 9.59 Å². The van der Waals surface area contributed by atoms with Crippen molar-refractivity contribution in [2.45, 2.75) is 26.3 Å². The molecule has 0 aliphatic heterocycles. The summed E-state index contributed by atoms with van der Waals surface area (Å²) in [4.78, 5) is 21.5. The molecule has 0 atom stereocenters. The minimum Gasteiger partial charge on any atom is -0.497 e. The van der Waals surface area contributed by atoms with Crippen LogP contribution >= 0.6 is 0 Å². The Morgan fingerprint density at radius 3 is 2.26 bits per heavy atom. The van der Waals surface area contributed by atoms with Crippen LogP contribution in [0.4, 0.5) is 0 Å². The van der Waals surface area contributed by atoms with Gasteiger partial charge in [0.15, 0.2) is 0 Å². The predicted octanol–water partition coefficient (Wildman–Crippen LogP) is 3.44. The van der Waals surface area contributed by atoms with Gasteiger partial charge in [-0.3, -0.25) is 0 Å². The van der Waals surface area contributed by atoms with E-state index in [1.807, 2.05) is 6.07 Å². The fraction of sp³-hybridized carbons (Fsp3) is 0.333. The Hall–Kier alpha value is -2.86. The zero-order chi connectivity index (χ0) is 20.4. The fourth-order valence-corrected chi connectivity index (χ4v) is 2.37. The number of aliphatic carboxylic acids is 2. The molecule has 0 saturated carbocycles. The summed E-state index contributed by atoms with van der Waals surface area (Å²) in [6.45, 7) is 5.55. The van der Waals surface area contributed by atoms with Crippen molar-refractivity contribution >= 4 is 22.7 Å². The van der Waals surface area contributed by atoms with Crippen LogP contribution in [0.2, 0.25) is 0 Å². The predicted molar refractivity (Wildman–Crippen MR) is 106 cm³/mol. The van der Waals surface area contributed by atoms with E-state index in [-0.39, 0.29) is 0 Å². The number of carboxylic acid groups (broad SMARTS) is 2. The summed E-state index contributed by atoms with van der Waals surface area (Å²) in [7, 11) is 3.89. The van der Waals surface area contributed by atoms with Crippen molar-refractivity contribution in [1.29, 1.82) is 0 Å². The topological polar surface area (TPSA) is 87.1 Å². The number of carboxylic acids is 2. The van der Waals surface area contributed by atoms with Gasteiger partial charge in [-0.2, -0.15) is 0 Å². The first-order valence-corrected chi connectivity index (χ1v) is 8.64. The van der Waals surface area contributed by atoms with E-state index >= 15 is 0 Å². The minimum atomic E-state index is -1.26. The van der Waals surface area contributed by atoms with Gasteiger partial charge in [0.2, 0.25) is 0 Å². The van der Waals surface area contributed by atoms with E-state index < -0.39 is 11.9 Å². The molecule has 0 bridgehead atoms. The third kappa shape index (κ3) is 7.92. The van der Waals surface area contributed by atoms with Gasteiger partial charge in [-0.25, -0.2) is 9.59 Å². The van der Waals surface area contributed by atoms with Crippen LogP contribution in [0.3, 0.4) is 0 Å². The van der Waals surface area contributed by atoms with Crippen molar-refractivity contribution < 1.29 is 24.5 Å². The van der Waals surface area contributed by atoms with Gasteiger partial charge in [-0.1, -0.05) is 24.3 Å². The monoisotopic (exact) mass is 373 g/mol. The number of carbonyl (C=O) groups is 2. The van der Waals surface area contributed by atoms with Gasteiger partial charge >= 0.3 is 11.9 Å². The molecule has 0 radical (unpaired) electrons. The third-order valence-corrected chi connectivity index (χ3v) is 4.16. The number of benzene rings is 2. The molecule has 0 heterocycles. The smallest absolute Gasteiger partial charge is 0.328 e. The molecule has 0 aromatic heterocycles. The average Bonchev–Trinajstić information content (AvgIpc) is 2.64. The average molecular weight is 373 g/mol. The lowest BCUT2D eigenvalue weighted by molar-refractivity contribution is -0.134. The first-order valence-electron chi connectivity index (χ1n) is 8.64. The second-order valence-electron chi connectivity index (χ2n) is 6.34. The van der Waals surface area contributed by atoms with Crippen molar-refractivity contribution in [2.75, 3.05) is 20.7 Å². The molecule has 6 heteroatoms. The number of methoxy groups -OCH3 is 1. The van der Waals surface area contributed by atoms with Gasteiger partial charge in [0, 0.05) is 24.7 Å². The van der Waals surface area contributed by atoms with Crippen LogP contribution in [0.15, 0.2) is 48.6 Å². The lowest BCUT2D eigenvalue weighted by atomic mass is 10.0. The van der Waals surface area contributed by atoms with Crippen molar-refractivity contribution in [3.05, 3.63) is 54.1 Å². The molecular weight excluding hydrogens is 346 g/mol. The lowest BCUT2D eigenvalue weighted by Gasteiger charge is -2.21. The summed E-state index contributed by atoms with van der Waals surface area (Å²) in [6.07, 6.45) is 2.20. The van der Waals surface area contributed by atoms with Gasteiger partial charge in [-0.15, -0.1) is 0 Å². The summed E-state index contributed by atoms with van der Waals surface area (Å²) in [5, 5.41) is 18.2. The highest BCUT2D eigenvalue weighted by atomic mass is 16.5. The van der Waals surface area contributed by atoms with E-state index in [0.29, 0.717) is 18.2 Å². The molecule has 0 unspecified atom stereocenters. The van der Waals surface area contributed by atoms with E-state index in [0.717, 1.165) is 18.7 Å². The number of rotatable bonds is 7. The SMILES string of the molecule is COc1ccc2c(CCN(C)C(C)C)cccc2c1.O=C(O)/C=C/C(=O)O. The van der Waals surface area contributed by atoms with Gasteiger partial charge < -0.3 is 19.8 Å². The minimum absolute atomic E-state index is 0.558. The van der Waals surface area contributed by atoms with Gasteiger partial charge in [0.25, 0.3) is 0 Å². The number of nitrogens with zero attached hydrogens (tertiary/aromatic N) is 1. The normalized spacial score (nSPS) is 10.9. The second kappa shape index (κ2) is 11.0. The van der Waals surface area contributed by atoms with Crippen LogP contribution in [0.25, 0.3) is 10.8 Å². The summed E-state index contributed by atoms with van der Waals surface area (Å²) in [5.41, 5.74) is 1.41. The van der Waals surface area contributed by atoms with E-state index in [4.69, 9.17) is 14.9 Å². The highest BCUT2D eigenvalue weighted by Crippen LogP contribution is 2.24. The Balaban J connectivity index is 0.000000387. The molecule has 0 spiro atoms. The standard InChI is InChI=1S/C17H23NO.C4H4O4/c1-13(2)18(3)11-10-14-6-5-7-15-12-16(19-4)8-9-17(14)15;5-3(6)1-2-4(7)8/h5-9,12-13H,10-11H2,1-4H3;1-2H,(H,5,6)(H,7,8)/b;2-1+. The molecule has 2 rings (SSSR count). The number of hydrogen-bond acceptors (Lipinski definition) is 4. The maximum Gasteiger partial charge on any atom is 0.328 e. The van der Waals surface area contributed by atoms with Crippen LogP contribution in [-0.2, 0) is 16.0 Å². The number of hydrogen-bond donors (Lipinski definition) is 2. The van der Waals surface area contributed by atoms with Crippen molar-refractivity contribution in [1.82, 2.24) is 4.90 Å². The summed E-state index contributed by atoms with van der Waals surface area (Å²) in [6, 6.07) is 13.4. The Labute approximate surface area is 159 Å². The molecule has 146 valence electrons. The zero-order valence-electron chi connectivity index (χ0n) is 16.2. The van der Waals surface area contributed by atoms with Gasteiger partial charge in [-0.05, 0) is 55.8 Å². The van der Waals surface area contributed by atoms with Crippen LogP contribution in [-0.4, -0.2) is 53.8 Å². The molecule has 6 nitrogen and oxygen atoms in total. The zero-order valence-corrected chi connectivity index (χ0v) is 16.2. The third-order valence-electron chi connectivity index (χ3n) is 4.16. The maximum absolute atomic E-state index is 9.55. The van der Waals surface area contributed by atoms with Crippen molar-refractivity contribution in [3.63, 3.8) is 0 Å². The first kappa shape index (κ1) is 22.2. The Morgan fingerprint density at radius 2 is 1.74 bits per heavy atom. The van der Waals surface area contributed by atoms with Crippen LogP contribution < -0.4 is 4.74 Å². The van der Waals surface area contributed by atoms with Crippen LogP contribution in [0.1, 0.15) is 19.4 Å². The van der Waals surface area contributed by atoms with Gasteiger partial charge in [0.05, 0.1) is 7.11 Å². The Kier molecular flexibility index (Phi) is 9.02. The Bertz CT molecular complexity index is 782. The molecule has 0 aliphatic rings. The largest absolute Gasteiger partial charge is 0.497 e. The molecule has 2 aromatic rings. The van der Waals surface area contributed by atoms with Crippen molar-refractivity contribution in [3.8, 4) is 5.75 Å². The maximum atomic E-state index is 9.55. The van der Waals surface area contributed by atoms with E-state index in [2.05, 4.69) is 56.1 Å². The van der Waals surface area contributed by atoms with Gasteiger partial charge in [0.1, 0.15) is 5.75 Å². The molecule has 2 aromatic carbocycles. The lowest BCUT2D eigenvalue weighted by Crippen LogP contribution is -2.28. The number of likely N-dealkylation sites (N-methyl/N-ethyl adjacent to an activating group) is 1. The highest BCUT2D eigenvalue weighted by molar-refractivity contribution is 5.89. The molecule has 0 amide bonds. The summed E-state index contributed by atoms with van der Waals surface area (Å²) >= 11 is 0. The highest BCUT2D eigenvalue weighted by Gasteiger charge is 2.06. The van der Waals surface area contributed by atoms with Crippen LogP contribution in [0, 0.1) is 0 Å². The molecule has 0 fully saturated rings. The molecule has 0 saturated heterocycles. The molecule has 27 heavy (non-hydrogen) atoms. The number of ether oxygens (including phenoxy) is 1. The molecular formula is C21H27NO5. The summed E-state index contributed by atoms with van der Waals surface area (Å²) in [5.74, 6) is -1.59. The number of fused-ring (bicyclic) bond motifs is 1. The van der Waals surface area contributed by atoms with E-state index in [1.165, 1.54) is 16.3 Å². The Morgan fingerprint density at radius 1 is 1.11 bits per heavy atom. The molecule has 0 aliphatic carbocycles. The quantitative estimate of drug-likeness (QED) is 0.723.